The highest BCUT2D eigenvalue weighted by Gasteiger charge is 2.33. The lowest BCUT2D eigenvalue weighted by molar-refractivity contribution is -0.134. The number of nitrogens with zero attached hydrogens (tertiary/aromatic N) is 2. The van der Waals surface area contributed by atoms with Crippen LogP contribution >= 0.6 is 11.3 Å². The molecular weight excluding hydrogens is 279 g/mol. The van der Waals surface area contributed by atoms with E-state index in [1.165, 1.54) is 0 Å². The average Bonchev–Trinajstić information content (AvgIpc) is 2.85. The van der Waals surface area contributed by atoms with Gasteiger partial charge >= 0.3 is 6.18 Å². The molecule has 1 fully saturated rings. The van der Waals surface area contributed by atoms with Gasteiger partial charge in [0.2, 0.25) is 0 Å². The molecule has 1 saturated heterocycles. The molecule has 0 spiro atoms. The minimum Gasteiger partial charge on any atom is -0.379 e. The van der Waals surface area contributed by atoms with Gasteiger partial charge in [-0.3, -0.25) is 4.90 Å². The molecular formula is C11H16F3N3OS. The largest absolute Gasteiger partial charge is 0.427 e. The second kappa shape index (κ2) is 6.53. The monoisotopic (exact) mass is 295 g/mol. The van der Waals surface area contributed by atoms with Crippen LogP contribution in [0.2, 0.25) is 0 Å². The summed E-state index contributed by atoms with van der Waals surface area (Å²) in [6, 6.07) is 0. The molecule has 0 atom stereocenters. The third kappa shape index (κ3) is 4.63. The zero-order chi connectivity index (χ0) is 13.7. The molecule has 0 unspecified atom stereocenters. The van der Waals surface area contributed by atoms with E-state index in [9.17, 15) is 13.2 Å². The summed E-state index contributed by atoms with van der Waals surface area (Å²) in [4.78, 5) is 5.34. The maximum atomic E-state index is 12.4. The van der Waals surface area contributed by atoms with Gasteiger partial charge in [-0.2, -0.15) is 13.2 Å². The van der Waals surface area contributed by atoms with Crippen molar-refractivity contribution in [3.05, 3.63) is 11.1 Å². The Kier molecular flexibility index (Phi) is 5.00. The Hall–Kier alpha value is -0.860. The molecule has 1 N–H and O–H groups in total. The highest BCUT2D eigenvalue weighted by Crippen LogP contribution is 2.34. The highest BCUT2D eigenvalue weighted by molar-refractivity contribution is 7.15. The number of rotatable bonds is 5. The summed E-state index contributed by atoms with van der Waals surface area (Å²) >= 11 is 0.645. The molecule has 4 nitrogen and oxygen atoms in total. The molecule has 0 bridgehead atoms. The topological polar surface area (TPSA) is 37.4 Å². The zero-order valence-electron chi connectivity index (χ0n) is 10.4. The first-order chi connectivity index (χ1) is 9.05. The van der Waals surface area contributed by atoms with Crippen LogP contribution in [-0.2, 0) is 10.9 Å². The maximum Gasteiger partial charge on any atom is 0.427 e. The van der Waals surface area contributed by atoms with E-state index in [1.54, 1.807) is 0 Å². The Morgan fingerprint density at radius 2 is 2.11 bits per heavy atom. The quantitative estimate of drug-likeness (QED) is 0.846. The Balaban J connectivity index is 1.66. The fourth-order valence-corrected chi connectivity index (χ4v) is 2.52. The third-order valence-corrected chi connectivity index (χ3v) is 3.82. The first kappa shape index (κ1) is 14.5. The van der Waals surface area contributed by atoms with Crippen LogP contribution in [0, 0.1) is 0 Å². The number of ether oxygens (including phenoxy) is 1. The second-order valence-corrected chi connectivity index (χ2v) is 5.29. The van der Waals surface area contributed by atoms with Gasteiger partial charge in [0.1, 0.15) is 4.88 Å². The van der Waals surface area contributed by atoms with Gasteiger partial charge in [-0.05, 0) is 13.0 Å². The predicted molar refractivity (Wildman–Crippen MR) is 67.5 cm³/mol. The second-order valence-electron chi connectivity index (χ2n) is 4.26. The SMILES string of the molecule is FC(F)(F)c1cnc(NCCCN2CCOCC2)s1. The van der Waals surface area contributed by atoms with E-state index in [-0.39, 0.29) is 0 Å². The van der Waals surface area contributed by atoms with Crippen LogP contribution in [0.4, 0.5) is 18.3 Å². The Morgan fingerprint density at radius 1 is 1.37 bits per heavy atom. The molecule has 0 radical (unpaired) electrons. The van der Waals surface area contributed by atoms with Crippen molar-refractivity contribution >= 4 is 16.5 Å². The number of halogens is 3. The molecule has 108 valence electrons. The van der Waals surface area contributed by atoms with Gasteiger partial charge < -0.3 is 10.1 Å². The van der Waals surface area contributed by atoms with Gasteiger partial charge in [-0.1, -0.05) is 11.3 Å². The first-order valence-electron chi connectivity index (χ1n) is 6.13. The van der Waals surface area contributed by atoms with E-state index in [1.807, 2.05) is 0 Å². The van der Waals surface area contributed by atoms with Crippen molar-refractivity contribution in [1.29, 1.82) is 0 Å². The van der Waals surface area contributed by atoms with Crippen molar-refractivity contribution < 1.29 is 17.9 Å². The molecule has 1 aliphatic heterocycles. The molecule has 1 aromatic heterocycles. The van der Waals surface area contributed by atoms with Crippen molar-refractivity contribution in [1.82, 2.24) is 9.88 Å². The molecule has 0 aliphatic carbocycles. The number of aromatic nitrogens is 1. The van der Waals surface area contributed by atoms with Gasteiger partial charge in [0.25, 0.3) is 0 Å². The van der Waals surface area contributed by atoms with E-state index < -0.39 is 11.1 Å². The van der Waals surface area contributed by atoms with Gasteiger partial charge in [-0.15, -0.1) is 0 Å². The Labute approximate surface area is 113 Å². The van der Waals surface area contributed by atoms with Crippen LogP contribution in [0.25, 0.3) is 0 Å². The number of morpholine rings is 1. The van der Waals surface area contributed by atoms with Crippen molar-refractivity contribution in [2.75, 3.05) is 44.7 Å². The molecule has 1 aliphatic rings. The maximum absolute atomic E-state index is 12.4. The van der Waals surface area contributed by atoms with Crippen LogP contribution < -0.4 is 5.32 Å². The number of alkyl halides is 3. The molecule has 1 aromatic rings. The summed E-state index contributed by atoms with van der Waals surface area (Å²) in [7, 11) is 0. The van der Waals surface area contributed by atoms with E-state index in [2.05, 4.69) is 15.2 Å². The number of hydrogen-bond acceptors (Lipinski definition) is 5. The molecule has 0 saturated carbocycles. The number of nitrogens with one attached hydrogen (secondary N) is 1. The van der Waals surface area contributed by atoms with Crippen LogP contribution in [-0.4, -0.2) is 49.3 Å². The fourth-order valence-electron chi connectivity index (χ4n) is 1.81. The molecule has 0 amide bonds. The van der Waals surface area contributed by atoms with Crippen LogP contribution in [0.5, 0.6) is 0 Å². The van der Waals surface area contributed by atoms with Gasteiger partial charge in [0.15, 0.2) is 5.13 Å². The number of thiazole rings is 1. The van der Waals surface area contributed by atoms with Gasteiger partial charge in [0.05, 0.1) is 19.4 Å². The summed E-state index contributed by atoms with van der Waals surface area (Å²) in [5.74, 6) is 0. The lowest BCUT2D eigenvalue weighted by Gasteiger charge is -2.26. The molecule has 19 heavy (non-hydrogen) atoms. The van der Waals surface area contributed by atoms with Crippen LogP contribution in [0.1, 0.15) is 11.3 Å². The Bertz CT molecular complexity index is 391. The number of hydrogen-bond donors (Lipinski definition) is 1. The third-order valence-electron chi connectivity index (χ3n) is 2.82. The van der Waals surface area contributed by atoms with Gasteiger partial charge in [0, 0.05) is 19.6 Å². The minimum atomic E-state index is -4.30. The van der Waals surface area contributed by atoms with E-state index >= 15 is 0 Å². The van der Waals surface area contributed by atoms with Gasteiger partial charge in [-0.25, -0.2) is 4.98 Å². The van der Waals surface area contributed by atoms with Crippen LogP contribution in [0.3, 0.4) is 0 Å². The first-order valence-corrected chi connectivity index (χ1v) is 6.94. The summed E-state index contributed by atoms with van der Waals surface area (Å²) in [5.41, 5.74) is 0. The predicted octanol–water partition coefficient (Wildman–Crippen LogP) is 2.30. The zero-order valence-corrected chi connectivity index (χ0v) is 11.2. The summed E-state index contributed by atoms with van der Waals surface area (Å²) in [5, 5.41) is 3.25. The highest BCUT2D eigenvalue weighted by atomic mass is 32.1. The fraction of sp³-hybridized carbons (Fsp3) is 0.727. The van der Waals surface area contributed by atoms with Crippen molar-refractivity contribution in [2.24, 2.45) is 0 Å². The summed E-state index contributed by atoms with van der Waals surface area (Å²) < 4.78 is 42.3. The normalized spacial score (nSPS) is 17.6. The lowest BCUT2D eigenvalue weighted by atomic mass is 10.3. The van der Waals surface area contributed by atoms with Crippen molar-refractivity contribution in [2.45, 2.75) is 12.6 Å². The summed E-state index contributed by atoms with van der Waals surface area (Å²) in [6.07, 6.45) is -2.55. The smallest absolute Gasteiger partial charge is 0.379 e. The molecule has 8 heteroatoms. The molecule has 0 aromatic carbocycles. The van der Waals surface area contributed by atoms with E-state index in [0.717, 1.165) is 45.5 Å². The molecule has 2 rings (SSSR count). The van der Waals surface area contributed by atoms with Crippen molar-refractivity contribution in [3.63, 3.8) is 0 Å². The lowest BCUT2D eigenvalue weighted by Crippen LogP contribution is -2.37. The standard InChI is InChI=1S/C11H16F3N3OS/c12-11(13,14)9-8-16-10(19-9)15-2-1-3-17-4-6-18-7-5-17/h8H,1-7H2,(H,15,16). The minimum absolute atomic E-state index is 0.328. The molecule has 2 heterocycles. The Morgan fingerprint density at radius 3 is 2.74 bits per heavy atom. The van der Waals surface area contributed by atoms with E-state index in [0.29, 0.717) is 23.0 Å². The summed E-state index contributed by atoms with van der Waals surface area (Å²) in [6.45, 7) is 4.92. The average molecular weight is 295 g/mol. The van der Waals surface area contributed by atoms with Crippen LogP contribution in [0.15, 0.2) is 6.20 Å². The van der Waals surface area contributed by atoms with E-state index in [4.69, 9.17) is 4.74 Å². The van der Waals surface area contributed by atoms with Crippen molar-refractivity contribution in [3.8, 4) is 0 Å². The number of anilines is 1.